The van der Waals surface area contributed by atoms with Gasteiger partial charge in [0, 0.05) is 13.0 Å². The normalized spacial score (nSPS) is 24.4. The van der Waals surface area contributed by atoms with Crippen molar-refractivity contribution in [3.8, 4) is 0 Å². The predicted molar refractivity (Wildman–Crippen MR) is 60.7 cm³/mol. The van der Waals surface area contributed by atoms with Crippen LogP contribution in [0.25, 0.3) is 0 Å². The molecule has 0 saturated carbocycles. The van der Waals surface area contributed by atoms with Crippen LogP contribution in [0.1, 0.15) is 6.42 Å². The van der Waals surface area contributed by atoms with Crippen LogP contribution in [0.2, 0.25) is 0 Å². The van der Waals surface area contributed by atoms with Gasteiger partial charge in [0.15, 0.2) is 6.23 Å². The van der Waals surface area contributed by atoms with Gasteiger partial charge in [-0.15, -0.1) is 0 Å². The highest BCUT2D eigenvalue weighted by atomic mass is 32.2. The van der Waals surface area contributed by atoms with E-state index in [9.17, 15) is 13.2 Å². The Bertz CT molecular complexity index is 476. The highest BCUT2D eigenvalue weighted by molar-refractivity contribution is 7.86. The SMILES string of the molecule is CON1CC(OS(C)(=O)=O)N(C2=NNCC2)C1=O. The summed E-state index contributed by atoms with van der Waals surface area (Å²) < 4.78 is 27.2. The van der Waals surface area contributed by atoms with Crippen molar-refractivity contribution < 1.29 is 22.2 Å². The standard InChI is InChI=1S/C8H14N4O5S/c1-16-11-5-7(17-18(2,14)15)12(8(11)13)6-3-4-9-10-6/h7,9H,3-5H2,1-2H3. The molecule has 10 heteroatoms. The van der Waals surface area contributed by atoms with Crippen molar-refractivity contribution in [3.05, 3.63) is 0 Å². The van der Waals surface area contributed by atoms with E-state index in [-0.39, 0.29) is 6.54 Å². The molecule has 2 amide bonds. The number of amidine groups is 1. The summed E-state index contributed by atoms with van der Waals surface area (Å²) in [6.45, 7) is 0.596. The van der Waals surface area contributed by atoms with Gasteiger partial charge < -0.3 is 5.43 Å². The Kier molecular flexibility index (Phi) is 3.41. The molecule has 2 aliphatic rings. The fraction of sp³-hybridized carbons (Fsp3) is 0.750. The molecule has 0 aromatic rings. The van der Waals surface area contributed by atoms with Crippen LogP contribution in [0.15, 0.2) is 5.10 Å². The van der Waals surface area contributed by atoms with Gasteiger partial charge in [-0.3, -0.25) is 4.84 Å². The highest BCUT2D eigenvalue weighted by Crippen LogP contribution is 2.21. The second kappa shape index (κ2) is 4.71. The number of hydroxylamine groups is 2. The topological polar surface area (TPSA) is 101 Å². The van der Waals surface area contributed by atoms with Crippen LogP contribution >= 0.6 is 0 Å². The van der Waals surface area contributed by atoms with Gasteiger partial charge in [-0.2, -0.15) is 18.6 Å². The molecule has 18 heavy (non-hydrogen) atoms. The lowest BCUT2D eigenvalue weighted by atomic mass is 10.3. The molecule has 1 N–H and O–H groups in total. The van der Waals surface area contributed by atoms with E-state index >= 15 is 0 Å². The number of carbonyl (C=O) groups is 1. The first kappa shape index (κ1) is 13.1. The molecular weight excluding hydrogens is 264 g/mol. The van der Waals surface area contributed by atoms with Crippen molar-refractivity contribution in [2.75, 3.05) is 26.5 Å². The summed E-state index contributed by atoms with van der Waals surface area (Å²) in [6, 6.07) is -0.492. The third kappa shape index (κ3) is 2.54. The zero-order valence-corrected chi connectivity index (χ0v) is 10.8. The molecule has 0 aromatic carbocycles. The predicted octanol–water partition coefficient (Wildman–Crippen LogP) is -1.11. The van der Waals surface area contributed by atoms with Crippen molar-refractivity contribution in [3.63, 3.8) is 0 Å². The summed E-state index contributed by atoms with van der Waals surface area (Å²) >= 11 is 0. The molecule has 1 unspecified atom stereocenters. The van der Waals surface area contributed by atoms with Gasteiger partial charge in [0.2, 0.25) is 0 Å². The Morgan fingerprint density at radius 2 is 2.22 bits per heavy atom. The van der Waals surface area contributed by atoms with Crippen molar-refractivity contribution in [2.24, 2.45) is 5.10 Å². The van der Waals surface area contributed by atoms with Crippen molar-refractivity contribution in [1.82, 2.24) is 15.4 Å². The fourth-order valence-electron chi connectivity index (χ4n) is 1.79. The van der Waals surface area contributed by atoms with E-state index < -0.39 is 22.4 Å². The Labute approximate surface area is 104 Å². The van der Waals surface area contributed by atoms with Crippen LogP contribution < -0.4 is 5.43 Å². The van der Waals surface area contributed by atoms with Gasteiger partial charge in [-0.1, -0.05) is 0 Å². The zero-order valence-electron chi connectivity index (χ0n) is 9.99. The van der Waals surface area contributed by atoms with E-state index in [1.165, 1.54) is 12.0 Å². The molecule has 1 fully saturated rings. The number of nitrogens with zero attached hydrogens (tertiary/aromatic N) is 3. The molecule has 0 aliphatic carbocycles. The molecule has 1 atom stereocenters. The average Bonchev–Trinajstić information content (AvgIpc) is 2.84. The maximum atomic E-state index is 12.0. The van der Waals surface area contributed by atoms with E-state index in [1.807, 2.05) is 0 Å². The summed E-state index contributed by atoms with van der Waals surface area (Å²) in [5.41, 5.74) is 2.72. The molecular formula is C8H14N4O5S. The second-order valence-corrected chi connectivity index (χ2v) is 5.44. The van der Waals surface area contributed by atoms with Gasteiger partial charge in [0.1, 0.15) is 5.84 Å². The van der Waals surface area contributed by atoms with E-state index in [1.54, 1.807) is 0 Å². The van der Waals surface area contributed by atoms with Gasteiger partial charge in [-0.05, 0) is 0 Å². The molecule has 1 saturated heterocycles. The third-order valence-electron chi connectivity index (χ3n) is 2.48. The van der Waals surface area contributed by atoms with Crippen LogP contribution in [0.3, 0.4) is 0 Å². The van der Waals surface area contributed by atoms with Crippen LogP contribution in [0, 0.1) is 0 Å². The summed E-state index contributed by atoms with van der Waals surface area (Å²) in [5.74, 6) is 0.438. The number of rotatable bonds is 3. The molecule has 2 heterocycles. The average molecular weight is 278 g/mol. The van der Waals surface area contributed by atoms with E-state index in [4.69, 9.17) is 9.02 Å². The summed E-state index contributed by atoms with van der Waals surface area (Å²) in [6.07, 6.45) is 0.498. The first-order valence-corrected chi connectivity index (χ1v) is 7.06. The maximum Gasteiger partial charge on any atom is 0.351 e. The second-order valence-electron chi connectivity index (χ2n) is 3.84. The van der Waals surface area contributed by atoms with E-state index in [2.05, 4.69) is 10.5 Å². The number of amides is 2. The molecule has 2 aliphatic heterocycles. The molecule has 2 rings (SSSR count). The van der Waals surface area contributed by atoms with Crippen LogP contribution in [-0.4, -0.2) is 62.9 Å². The molecule has 0 radical (unpaired) electrons. The fourth-order valence-corrected chi connectivity index (χ4v) is 2.34. The molecule has 0 spiro atoms. The minimum Gasteiger partial charge on any atom is -0.308 e. The van der Waals surface area contributed by atoms with E-state index in [0.29, 0.717) is 18.8 Å². The third-order valence-corrected chi connectivity index (χ3v) is 3.05. The number of carbonyl (C=O) groups excluding carboxylic acids is 1. The zero-order chi connectivity index (χ0) is 13.3. The first-order chi connectivity index (χ1) is 8.42. The lowest BCUT2D eigenvalue weighted by Gasteiger charge is -2.20. The van der Waals surface area contributed by atoms with Gasteiger partial charge in [-0.25, -0.2) is 13.9 Å². The van der Waals surface area contributed by atoms with Gasteiger partial charge in [0.05, 0.1) is 19.9 Å². The number of hydrogen-bond donors (Lipinski definition) is 1. The molecule has 102 valence electrons. The Morgan fingerprint density at radius 3 is 2.72 bits per heavy atom. The van der Waals surface area contributed by atoms with Gasteiger partial charge >= 0.3 is 6.03 Å². The Morgan fingerprint density at radius 1 is 1.50 bits per heavy atom. The van der Waals surface area contributed by atoms with Gasteiger partial charge in [0.25, 0.3) is 10.1 Å². The summed E-state index contributed by atoms with van der Waals surface area (Å²) in [4.78, 5) is 18.0. The first-order valence-electron chi connectivity index (χ1n) is 5.25. The number of hydrazone groups is 1. The largest absolute Gasteiger partial charge is 0.351 e. The number of nitrogens with one attached hydrogen (secondary N) is 1. The maximum absolute atomic E-state index is 12.0. The number of urea groups is 1. The molecule has 0 aromatic heterocycles. The van der Waals surface area contributed by atoms with Crippen molar-refractivity contribution in [1.29, 1.82) is 0 Å². The van der Waals surface area contributed by atoms with Crippen LogP contribution in [0.5, 0.6) is 0 Å². The quantitative estimate of drug-likeness (QED) is 0.657. The molecule has 0 bridgehead atoms. The minimum atomic E-state index is -3.68. The van der Waals surface area contributed by atoms with Crippen LogP contribution in [-0.2, 0) is 19.1 Å². The highest BCUT2D eigenvalue weighted by Gasteiger charge is 2.43. The lowest BCUT2D eigenvalue weighted by molar-refractivity contribution is -0.0793. The molecule has 9 nitrogen and oxygen atoms in total. The van der Waals surface area contributed by atoms with Crippen LogP contribution in [0.4, 0.5) is 4.79 Å². The Hall–Kier alpha value is -1.39. The van der Waals surface area contributed by atoms with Crippen molar-refractivity contribution in [2.45, 2.75) is 12.6 Å². The smallest absolute Gasteiger partial charge is 0.308 e. The summed E-state index contributed by atoms with van der Waals surface area (Å²) in [7, 11) is -2.35. The summed E-state index contributed by atoms with van der Waals surface area (Å²) in [5, 5.41) is 4.96. The monoisotopic (exact) mass is 278 g/mol. The lowest BCUT2D eigenvalue weighted by Crippen LogP contribution is -2.41. The van der Waals surface area contributed by atoms with E-state index in [0.717, 1.165) is 11.3 Å². The number of hydrogen-bond acceptors (Lipinski definition) is 7. The minimum absolute atomic E-state index is 0.00141. The Balaban J connectivity index is 2.23. The van der Waals surface area contributed by atoms with Crippen molar-refractivity contribution >= 4 is 22.0 Å².